The van der Waals surface area contributed by atoms with Crippen LogP contribution in [0.1, 0.15) is 24.7 Å². The molecule has 82 valence electrons. The Morgan fingerprint density at radius 2 is 2.38 bits per heavy atom. The van der Waals surface area contributed by atoms with E-state index in [0.717, 1.165) is 0 Å². The molecular formula is C10H11N5O. The van der Waals surface area contributed by atoms with Gasteiger partial charge in [0.2, 0.25) is 0 Å². The van der Waals surface area contributed by atoms with E-state index in [1.807, 2.05) is 12.1 Å². The molecule has 16 heavy (non-hydrogen) atoms. The third-order valence-corrected chi connectivity index (χ3v) is 2.74. The van der Waals surface area contributed by atoms with Gasteiger partial charge in [-0.25, -0.2) is 0 Å². The predicted molar refractivity (Wildman–Crippen MR) is 55.8 cm³/mol. The molecule has 0 aliphatic carbocycles. The minimum atomic E-state index is -0.0638. The zero-order valence-electron chi connectivity index (χ0n) is 8.63. The number of aromatic nitrogens is 4. The van der Waals surface area contributed by atoms with Crippen molar-refractivity contribution in [2.24, 2.45) is 0 Å². The molecule has 3 rings (SSSR count). The van der Waals surface area contributed by atoms with Crippen molar-refractivity contribution in [2.45, 2.75) is 18.9 Å². The zero-order valence-corrected chi connectivity index (χ0v) is 8.63. The molecule has 0 amide bonds. The molecule has 1 aliphatic heterocycles. The largest absolute Gasteiger partial charge is 0.306 e. The Kier molecular flexibility index (Phi) is 2.14. The molecule has 3 heterocycles. The Morgan fingerprint density at radius 3 is 3.25 bits per heavy atom. The molecule has 6 nitrogen and oxygen atoms in total. The number of Topliss-reactive ketones (excluding diaryl/α,β-unsaturated/α-hetero) is 1. The Morgan fingerprint density at radius 1 is 1.44 bits per heavy atom. The van der Waals surface area contributed by atoms with E-state index in [2.05, 4.69) is 20.6 Å². The van der Waals surface area contributed by atoms with Crippen molar-refractivity contribution in [3.63, 3.8) is 0 Å². The molecule has 2 aromatic heterocycles. The van der Waals surface area contributed by atoms with Crippen LogP contribution in [0.2, 0.25) is 0 Å². The Balaban J connectivity index is 2.02. The van der Waals surface area contributed by atoms with Gasteiger partial charge in [-0.3, -0.25) is 4.79 Å². The first-order valence-electron chi connectivity index (χ1n) is 5.26. The van der Waals surface area contributed by atoms with Gasteiger partial charge in [0, 0.05) is 25.6 Å². The average Bonchev–Trinajstić information content (AvgIpc) is 2.72. The normalized spacial score (nSPS) is 21.5. The first-order chi connectivity index (χ1) is 7.84. The van der Waals surface area contributed by atoms with Crippen LogP contribution in [-0.2, 0) is 4.79 Å². The van der Waals surface area contributed by atoms with E-state index in [0.29, 0.717) is 30.9 Å². The van der Waals surface area contributed by atoms with E-state index < -0.39 is 0 Å². The lowest BCUT2D eigenvalue weighted by atomic mass is 10.0. The molecule has 1 atom stereocenters. The predicted octanol–water partition coefficient (Wildman–Crippen LogP) is 0.118. The number of ketones is 1. The number of nitrogens with zero attached hydrogens (tertiary/aromatic N) is 4. The van der Waals surface area contributed by atoms with E-state index >= 15 is 0 Å². The molecule has 6 heteroatoms. The topological polar surface area (TPSA) is 72.2 Å². The minimum Gasteiger partial charge on any atom is -0.306 e. The number of piperidine rings is 1. The van der Waals surface area contributed by atoms with Crippen molar-refractivity contribution in [1.82, 2.24) is 25.1 Å². The summed E-state index contributed by atoms with van der Waals surface area (Å²) < 4.78 is 1.68. The van der Waals surface area contributed by atoms with Crippen LogP contribution in [0.4, 0.5) is 0 Å². The number of hydrogen-bond donors (Lipinski definition) is 1. The fourth-order valence-corrected chi connectivity index (χ4v) is 1.95. The second-order valence-corrected chi connectivity index (χ2v) is 3.85. The maximum atomic E-state index is 11.4. The molecule has 1 unspecified atom stereocenters. The maximum absolute atomic E-state index is 11.4. The van der Waals surface area contributed by atoms with Gasteiger partial charge in [0.1, 0.15) is 5.78 Å². The second-order valence-electron chi connectivity index (χ2n) is 3.85. The summed E-state index contributed by atoms with van der Waals surface area (Å²) in [4.78, 5) is 11.4. The van der Waals surface area contributed by atoms with Gasteiger partial charge in [-0.2, -0.15) is 9.61 Å². The van der Waals surface area contributed by atoms with Gasteiger partial charge >= 0.3 is 0 Å². The first-order valence-corrected chi connectivity index (χ1v) is 5.26. The molecule has 1 N–H and O–H groups in total. The van der Waals surface area contributed by atoms with Crippen molar-refractivity contribution < 1.29 is 4.79 Å². The van der Waals surface area contributed by atoms with Crippen LogP contribution in [0.25, 0.3) is 5.65 Å². The van der Waals surface area contributed by atoms with Crippen LogP contribution in [0.15, 0.2) is 18.3 Å². The van der Waals surface area contributed by atoms with Gasteiger partial charge in [-0.15, -0.1) is 10.2 Å². The fraction of sp³-hybridized carbons (Fsp3) is 0.400. The average molecular weight is 217 g/mol. The van der Waals surface area contributed by atoms with Crippen molar-refractivity contribution >= 4 is 11.4 Å². The second kappa shape index (κ2) is 3.64. The maximum Gasteiger partial charge on any atom is 0.177 e. The Bertz CT molecular complexity index is 535. The lowest BCUT2D eigenvalue weighted by Gasteiger charge is -2.20. The monoisotopic (exact) mass is 217 g/mol. The van der Waals surface area contributed by atoms with Crippen molar-refractivity contribution in [3.8, 4) is 0 Å². The summed E-state index contributed by atoms with van der Waals surface area (Å²) in [5, 5.41) is 15.5. The van der Waals surface area contributed by atoms with Crippen LogP contribution in [-0.4, -0.2) is 32.1 Å². The first kappa shape index (κ1) is 9.41. The molecule has 0 bridgehead atoms. The third kappa shape index (κ3) is 1.47. The summed E-state index contributed by atoms with van der Waals surface area (Å²) in [6.07, 6.45) is 2.75. The highest BCUT2D eigenvalue weighted by Gasteiger charge is 2.24. The summed E-state index contributed by atoms with van der Waals surface area (Å²) >= 11 is 0. The summed E-state index contributed by atoms with van der Waals surface area (Å²) in [5.74, 6) is 0.972. The zero-order chi connectivity index (χ0) is 11.0. The van der Waals surface area contributed by atoms with E-state index in [1.165, 1.54) is 0 Å². The molecule has 0 aromatic carbocycles. The number of fused-ring (bicyclic) bond motifs is 1. The van der Waals surface area contributed by atoms with Gasteiger partial charge in [-0.05, 0) is 12.1 Å². The van der Waals surface area contributed by atoms with E-state index in [-0.39, 0.29) is 11.8 Å². The van der Waals surface area contributed by atoms with E-state index in [9.17, 15) is 4.79 Å². The van der Waals surface area contributed by atoms with Gasteiger partial charge in [0.15, 0.2) is 11.5 Å². The minimum absolute atomic E-state index is 0.0638. The quantitative estimate of drug-likeness (QED) is 0.734. The van der Waals surface area contributed by atoms with Gasteiger partial charge < -0.3 is 5.32 Å². The van der Waals surface area contributed by atoms with Crippen molar-refractivity contribution in [3.05, 3.63) is 24.2 Å². The van der Waals surface area contributed by atoms with Gasteiger partial charge in [0.25, 0.3) is 0 Å². The molecule has 1 aliphatic rings. The number of nitrogens with one attached hydrogen (secondary N) is 1. The Hall–Kier alpha value is -1.82. The van der Waals surface area contributed by atoms with Crippen LogP contribution >= 0.6 is 0 Å². The van der Waals surface area contributed by atoms with Crippen LogP contribution in [0.5, 0.6) is 0 Å². The summed E-state index contributed by atoms with van der Waals surface area (Å²) in [6, 6.07) is 3.59. The highest BCUT2D eigenvalue weighted by molar-refractivity contribution is 5.80. The van der Waals surface area contributed by atoms with E-state index in [1.54, 1.807) is 10.7 Å². The molecule has 0 saturated carbocycles. The third-order valence-electron chi connectivity index (χ3n) is 2.74. The fourth-order valence-electron chi connectivity index (χ4n) is 1.95. The number of rotatable bonds is 1. The Labute approximate surface area is 91.7 Å². The van der Waals surface area contributed by atoms with Gasteiger partial charge in [0.05, 0.1) is 6.04 Å². The summed E-state index contributed by atoms with van der Waals surface area (Å²) in [7, 11) is 0. The highest BCUT2D eigenvalue weighted by atomic mass is 16.1. The highest BCUT2D eigenvalue weighted by Crippen LogP contribution is 2.19. The summed E-state index contributed by atoms with van der Waals surface area (Å²) in [5.41, 5.74) is 0.706. The molecule has 0 radical (unpaired) electrons. The number of carbonyl (C=O) groups is 1. The van der Waals surface area contributed by atoms with Gasteiger partial charge in [-0.1, -0.05) is 0 Å². The molecule has 1 fully saturated rings. The lowest BCUT2D eigenvalue weighted by Crippen LogP contribution is -2.33. The van der Waals surface area contributed by atoms with E-state index in [4.69, 9.17) is 0 Å². The molecule has 1 saturated heterocycles. The molecule has 2 aromatic rings. The van der Waals surface area contributed by atoms with Crippen molar-refractivity contribution in [1.29, 1.82) is 0 Å². The summed E-state index contributed by atoms with van der Waals surface area (Å²) in [6.45, 7) is 0.700. The van der Waals surface area contributed by atoms with Crippen molar-refractivity contribution in [2.75, 3.05) is 6.54 Å². The van der Waals surface area contributed by atoms with Crippen LogP contribution < -0.4 is 5.32 Å². The molecule has 0 spiro atoms. The number of carbonyl (C=O) groups excluding carboxylic acids is 1. The van der Waals surface area contributed by atoms with Crippen LogP contribution in [0, 0.1) is 0 Å². The standard InChI is InChI=1S/C10H11N5O/c16-7-3-5-11-8(6-7)10-14-13-9-2-1-4-12-15(9)10/h1-2,4,8,11H,3,5-6H2. The number of hydrogen-bond acceptors (Lipinski definition) is 5. The SMILES string of the molecule is O=C1CCNC(c2nnc3cccnn23)C1. The smallest absolute Gasteiger partial charge is 0.177 e. The lowest BCUT2D eigenvalue weighted by molar-refractivity contribution is -0.120. The molecular weight excluding hydrogens is 206 g/mol. The van der Waals surface area contributed by atoms with Crippen LogP contribution in [0.3, 0.4) is 0 Å².